The molecule has 1 aromatic heterocycles. The third kappa shape index (κ3) is 3.66. The lowest BCUT2D eigenvalue weighted by molar-refractivity contribution is 0.746. The van der Waals surface area contributed by atoms with Crippen LogP contribution in [0, 0.1) is 13.8 Å². The number of rotatable bonds is 5. The van der Waals surface area contributed by atoms with Crippen molar-refractivity contribution in [2.75, 3.05) is 10.6 Å². The van der Waals surface area contributed by atoms with E-state index in [9.17, 15) is 0 Å². The van der Waals surface area contributed by atoms with Gasteiger partial charge in [0.25, 0.3) is 0 Å². The van der Waals surface area contributed by atoms with Crippen LogP contribution in [0.2, 0.25) is 0 Å². The average Bonchev–Trinajstić information content (AvgIpc) is 2.42. The summed E-state index contributed by atoms with van der Waals surface area (Å²) in [6.45, 7) is 8.36. The Balaban J connectivity index is 2.15. The van der Waals surface area contributed by atoms with Crippen molar-refractivity contribution in [1.82, 2.24) is 15.2 Å². The molecule has 5 heteroatoms. The molecule has 0 saturated carbocycles. The molecule has 1 unspecified atom stereocenters. The van der Waals surface area contributed by atoms with Crippen molar-refractivity contribution in [3.63, 3.8) is 0 Å². The number of aryl methyl sites for hydroxylation is 2. The molecule has 20 heavy (non-hydrogen) atoms. The molecule has 2 rings (SSSR count). The normalized spacial score (nSPS) is 12.0. The zero-order chi connectivity index (χ0) is 14.5. The van der Waals surface area contributed by atoms with Gasteiger partial charge in [-0.15, -0.1) is 5.10 Å². The van der Waals surface area contributed by atoms with Gasteiger partial charge >= 0.3 is 0 Å². The number of hydrogen-bond acceptors (Lipinski definition) is 5. The largest absolute Gasteiger partial charge is 0.350 e. The number of hydrogen-bond donors (Lipinski definition) is 2. The number of benzene rings is 1. The fraction of sp³-hybridized carbons (Fsp3) is 0.400. The van der Waals surface area contributed by atoms with E-state index in [1.54, 1.807) is 6.20 Å². The topological polar surface area (TPSA) is 62.7 Å². The summed E-state index contributed by atoms with van der Waals surface area (Å²) in [6, 6.07) is 6.58. The van der Waals surface area contributed by atoms with Gasteiger partial charge in [0.1, 0.15) is 0 Å². The highest BCUT2D eigenvalue weighted by Crippen LogP contribution is 2.20. The lowest BCUT2D eigenvalue weighted by Crippen LogP contribution is -2.16. The van der Waals surface area contributed by atoms with E-state index in [2.05, 4.69) is 71.7 Å². The van der Waals surface area contributed by atoms with Crippen LogP contribution in [0.4, 0.5) is 17.5 Å². The van der Waals surface area contributed by atoms with Crippen molar-refractivity contribution in [2.45, 2.75) is 40.2 Å². The van der Waals surface area contributed by atoms with Crippen LogP contribution >= 0.6 is 0 Å². The second-order valence-corrected chi connectivity index (χ2v) is 5.06. The second kappa shape index (κ2) is 6.32. The highest BCUT2D eigenvalue weighted by atomic mass is 15.3. The van der Waals surface area contributed by atoms with Gasteiger partial charge in [-0.3, -0.25) is 0 Å². The van der Waals surface area contributed by atoms with E-state index in [1.807, 2.05) is 0 Å². The molecule has 0 fully saturated rings. The Morgan fingerprint density at radius 2 is 2.05 bits per heavy atom. The molecular formula is C15H21N5. The summed E-state index contributed by atoms with van der Waals surface area (Å²) >= 11 is 0. The quantitative estimate of drug-likeness (QED) is 0.872. The summed E-state index contributed by atoms with van der Waals surface area (Å²) < 4.78 is 0. The van der Waals surface area contributed by atoms with Gasteiger partial charge in [0.05, 0.1) is 6.20 Å². The van der Waals surface area contributed by atoms with Crippen molar-refractivity contribution in [3.8, 4) is 0 Å². The van der Waals surface area contributed by atoms with Crippen molar-refractivity contribution in [2.24, 2.45) is 0 Å². The zero-order valence-corrected chi connectivity index (χ0v) is 12.4. The van der Waals surface area contributed by atoms with Gasteiger partial charge in [-0.25, -0.2) is 0 Å². The van der Waals surface area contributed by atoms with Crippen LogP contribution < -0.4 is 10.6 Å². The molecule has 106 valence electrons. The first kappa shape index (κ1) is 14.2. The predicted molar refractivity (Wildman–Crippen MR) is 82.4 cm³/mol. The van der Waals surface area contributed by atoms with Crippen molar-refractivity contribution in [1.29, 1.82) is 0 Å². The standard InChI is InChI=1S/C15H21N5/c1-5-12(4)17-15-19-14(9-16-20-15)18-13-7-6-10(2)8-11(13)3/h6-9,12H,5H2,1-4H3,(H2,17,18,19,20). The molecule has 5 nitrogen and oxygen atoms in total. The van der Waals surface area contributed by atoms with Crippen LogP contribution in [0.5, 0.6) is 0 Å². The van der Waals surface area contributed by atoms with Crippen molar-refractivity contribution >= 4 is 17.5 Å². The molecule has 2 aromatic rings. The first-order chi connectivity index (χ1) is 9.58. The minimum atomic E-state index is 0.327. The molecule has 0 aliphatic carbocycles. The summed E-state index contributed by atoms with van der Waals surface area (Å²) in [4.78, 5) is 4.42. The lowest BCUT2D eigenvalue weighted by atomic mass is 10.1. The molecule has 1 atom stereocenters. The Morgan fingerprint density at radius 3 is 2.75 bits per heavy atom. The number of anilines is 3. The molecule has 0 aliphatic heterocycles. The molecule has 0 saturated heterocycles. The van der Waals surface area contributed by atoms with Crippen molar-refractivity contribution in [3.05, 3.63) is 35.5 Å². The van der Waals surface area contributed by atoms with Crippen LogP contribution in [0.1, 0.15) is 31.4 Å². The molecular weight excluding hydrogens is 250 g/mol. The minimum absolute atomic E-state index is 0.327. The summed E-state index contributed by atoms with van der Waals surface area (Å²) in [7, 11) is 0. The first-order valence-electron chi connectivity index (χ1n) is 6.89. The van der Waals surface area contributed by atoms with Gasteiger partial charge in [0.2, 0.25) is 5.95 Å². The number of nitrogens with zero attached hydrogens (tertiary/aromatic N) is 3. The number of nitrogens with one attached hydrogen (secondary N) is 2. The van der Waals surface area contributed by atoms with Crippen LogP contribution in [-0.4, -0.2) is 21.2 Å². The van der Waals surface area contributed by atoms with Crippen LogP contribution in [0.3, 0.4) is 0 Å². The molecule has 1 aromatic carbocycles. The summed E-state index contributed by atoms with van der Waals surface area (Å²) in [5.74, 6) is 1.24. The van der Waals surface area contributed by atoms with E-state index in [4.69, 9.17) is 0 Å². The van der Waals surface area contributed by atoms with E-state index >= 15 is 0 Å². The van der Waals surface area contributed by atoms with Gasteiger partial charge in [-0.05, 0) is 38.8 Å². The summed E-state index contributed by atoms with van der Waals surface area (Å²) in [6.07, 6.45) is 2.64. The Hall–Kier alpha value is -2.17. The molecule has 0 radical (unpaired) electrons. The van der Waals surface area contributed by atoms with E-state index < -0.39 is 0 Å². The Labute approximate surface area is 119 Å². The smallest absolute Gasteiger partial charge is 0.244 e. The molecule has 0 spiro atoms. The molecule has 0 bridgehead atoms. The highest BCUT2D eigenvalue weighted by molar-refractivity contribution is 5.60. The molecule has 1 heterocycles. The van der Waals surface area contributed by atoms with E-state index in [-0.39, 0.29) is 0 Å². The lowest BCUT2D eigenvalue weighted by Gasteiger charge is -2.12. The van der Waals surface area contributed by atoms with E-state index in [0.717, 1.165) is 12.1 Å². The Morgan fingerprint density at radius 1 is 1.25 bits per heavy atom. The van der Waals surface area contributed by atoms with Gasteiger partial charge in [-0.1, -0.05) is 24.6 Å². The van der Waals surface area contributed by atoms with Gasteiger partial charge in [-0.2, -0.15) is 10.1 Å². The Kier molecular flexibility index (Phi) is 4.50. The molecule has 2 N–H and O–H groups in total. The van der Waals surface area contributed by atoms with Crippen LogP contribution in [-0.2, 0) is 0 Å². The zero-order valence-electron chi connectivity index (χ0n) is 12.4. The molecule has 0 amide bonds. The second-order valence-electron chi connectivity index (χ2n) is 5.06. The SMILES string of the molecule is CCC(C)Nc1nncc(Nc2ccc(C)cc2C)n1. The molecule has 0 aliphatic rings. The average molecular weight is 271 g/mol. The number of aromatic nitrogens is 3. The third-order valence-electron chi connectivity index (χ3n) is 3.19. The van der Waals surface area contributed by atoms with Crippen LogP contribution in [0.15, 0.2) is 24.4 Å². The summed E-state index contributed by atoms with van der Waals surface area (Å²) in [5.41, 5.74) is 3.46. The fourth-order valence-electron chi connectivity index (χ4n) is 1.84. The van der Waals surface area contributed by atoms with Gasteiger partial charge < -0.3 is 10.6 Å². The van der Waals surface area contributed by atoms with E-state index in [1.165, 1.54) is 11.1 Å². The first-order valence-corrected chi connectivity index (χ1v) is 6.89. The van der Waals surface area contributed by atoms with Crippen LogP contribution in [0.25, 0.3) is 0 Å². The maximum absolute atomic E-state index is 4.42. The maximum atomic E-state index is 4.42. The van der Waals surface area contributed by atoms with E-state index in [0.29, 0.717) is 17.8 Å². The third-order valence-corrected chi connectivity index (χ3v) is 3.19. The highest BCUT2D eigenvalue weighted by Gasteiger charge is 2.05. The van der Waals surface area contributed by atoms with Gasteiger partial charge in [0.15, 0.2) is 5.82 Å². The predicted octanol–water partition coefficient (Wildman–Crippen LogP) is 3.44. The van der Waals surface area contributed by atoms with Crippen molar-refractivity contribution < 1.29 is 0 Å². The monoisotopic (exact) mass is 271 g/mol. The van der Waals surface area contributed by atoms with Gasteiger partial charge in [0, 0.05) is 11.7 Å². The summed E-state index contributed by atoms with van der Waals surface area (Å²) in [5, 5.41) is 14.5. The maximum Gasteiger partial charge on any atom is 0.244 e. The fourth-order valence-corrected chi connectivity index (χ4v) is 1.84. The minimum Gasteiger partial charge on any atom is -0.350 e. The Bertz CT molecular complexity index is 582.